The number of aromatic nitrogens is 3. The van der Waals surface area contributed by atoms with Crippen molar-refractivity contribution in [2.75, 3.05) is 6.54 Å². The summed E-state index contributed by atoms with van der Waals surface area (Å²) in [5.41, 5.74) is 10.8. The van der Waals surface area contributed by atoms with E-state index in [9.17, 15) is 0 Å². The number of rotatable bonds is 4. The number of nitrogens with zero attached hydrogens (tertiary/aromatic N) is 3. The lowest BCUT2D eigenvalue weighted by atomic mass is 9.64. The summed E-state index contributed by atoms with van der Waals surface area (Å²) in [5.74, 6) is 0. The van der Waals surface area contributed by atoms with Gasteiger partial charge in [-0.3, -0.25) is 4.98 Å². The molecule has 1 aliphatic rings. The van der Waals surface area contributed by atoms with Crippen molar-refractivity contribution in [1.82, 2.24) is 14.8 Å². The Bertz CT molecular complexity index is 798. The third kappa shape index (κ3) is 2.45. The molecule has 2 N–H and O–H groups in total. The molecule has 2 heterocycles. The van der Waals surface area contributed by atoms with Gasteiger partial charge in [-0.2, -0.15) is 5.10 Å². The molecule has 4 rings (SSSR count). The first-order chi connectivity index (χ1) is 11.3. The Hall–Kier alpha value is -2.46. The van der Waals surface area contributed by atoms with Crippen molar-refractivity contribution < 1.29 is 0 Å². The Balaban J connectivity index is 1.72. The maximum Gasteiger partial charge on any atom is 0.0834 e. The van der Waals surface area contributed by atoms with Crippen molar-refractivity contribution in [1.29, 1.82) is 0 Å². The lowest BCUT2D eigenvalue weighted by Crippen LogP contribution is -2.41. The second-order valence-electron chi connectivity index (χ2n) is 6.30. The third-order valence-electron chi connectivity index (χ3n) is 5.00. The maximum absolute atomic E-state index is 6.05. The summed E-state index contributed by atoms with van der Waals surface area (Å²) in [7, 11) is 0. The van der Waals surface area contributed by atoms with Crippen LogP contribution in [-0.2, 0) is 5.41 Å². The topological polar surface area (TPSA) is 56.7 Å². The highest BCUT2D eigenvalue weighted by Crippen LogP contribution is 2.43. The van der Waals surface area contributed by atoms with Gasteiger partial charge in [-0.1, -0.05) is 30.7 Å². The molecule has 0 amide bonds. The van der Waals surface area contributed by atoms with Crippen molar-refractivity contribution in [3.8, 4) is 16.8 Å². The number of benzene rings is 1. The first-order valence-electron chi connectivity index (χ1n) is 8.07. The Kier molecular flexibility index (Phi) is 3.46. The smallest absolute Gasteiger partial charge is 0.0834 e. The molecule has 3 aromatic rings. The molecule has 0 spiro atoms. The van der Waals surface area contributed by atoms with E-state index >= 15 is 0 Å². The summed E-state index contributed by atoms with van der Waals surface area (Å²) in [4.78, 5) is 4.38. The molecular weight excluding hydrogens is 284 g/mol. The van der Waals surface area contributed by atoms with Crippen LogP contribution in [0.4, 0.5) is 0 Å². The van der Waals surface area contributed by atoms with E-state index in [-0.39, 0.29) is 5.41 Å². The minimum atomic E-state index is 0.184. The Morgan fingerprint density at radius 3 is 2.70 bits per heavy atom. The first kappa shape index (κ1) is 14.2. The Morgan fingerprint density at radius 1 is 1.09 bits per heavy atom. The molecule has 1 aliphatic carbocycles. The van der Waals surface area contributed by atoms with E-state index in [1.54, 1.807) is 6.20 Å². The van der Waals surface area contributed by atoms with Gasteiger partial charge in [0.05, 0.1) is 11.9 Å². The van der Waals surface area contributed by atoms with E-state index in [0.29, 0.717) is 0 Å². The van der Waals surface area contributed by atoms with Gasteiger partial charge in [0.2, 0.25) is 0 Å². The molecule has 1 fully saturated rings. The summed E-state index contributed by atoms with van der Waals surface area (Å²) in [5, 5.41) is 4.27. The monoisotopic (exact) mass is 304 g/mol. The third-order valence-corrected chi connectivity index (χ3v) is 5.00. The highest BCUT2D eigenvalue weighted by molar-refractivity contribution is 5.66. The fourth-order valence-corrected chi connectivity index (χ4v) is 3.38. The van der Waals surface area contributed by atoms with Crippen molar-refractivity contribution >= 4 is 0 Å². The van der Waals surface area contributed by atoms with Crippen LogP contribution < -0.4 is 5.73 Å². The van der Waals surface area contributed by atoms with Crippen LogP contribution in [0.1, 0.15) is 24.8 Å². The van der Waals surface area contributed by atoms with Gasteiger partial charge >= 0.3 is 0 Å². The minimum absolute atomic E-state index is 0.184. The normalized spacial score (nSPS) is 16.0. The second-order valence-corrected chi connectivity index (χ2v) is 6.30. The van der Waals surface area contributed by atoms with Crippen LogP contribution in [0.2, 0.25) is 0 Å². The maximum atomic E-state index is 6.05. The van der Waals surface area contributed by atoms with E-state index in [0.717, 1.165) is 17.8 Å². The van der Waals surface area contributed by atoms with Gasteiger partial charge in [0, 0.05) is 36.1 Å². The van der Waals surface area contributed by atoms with Crippen LogP contribution >= 0.6 is 0 Å². The van der Waals surface area contributed by atoms with E-state index in [1.165, 1.54) is 30.4 Å². The van der Waals surface area contributed by atoms with Crippen LogP contribution in [-0.4, -0.2) is 21.3 Å². The van der Waals surface area contributed by atoms with Crippen molar-refractivity contribution in [3.05, 3.63) is 66.7 Å². The summed E-state index contributed by atoms with van der Waals surface area (Å²) in [6, 6.07) is 12.8. The predicted molar refractivity (Wildman–Crippen MR) is 91.4 cm³/mol. The van der Waals surface area contributed by atoms with E-state index in [1.807, 2.05) is 29.3 Å². The largest absolute Gasteiger partial charge is 0.330 e. The molecule has 1 saturated carbocycles. The first-order valence-corrected chi connectivity index (χ1v) is 8.07. The minimum Gasteiger partial charge on any atom is -0.330 e. The summed E-state index contributed by atoms with van der Waals surface area (Å²) < 4.78 is 1.83. The number of pyridine rings is 1. The fourth-order valence-electron chi connectivity index (χ4n) is 3.38. The van der Waals surface area contributed by atoms with Gasteiger partial charge in [-0.25, -0.2) is 4.68 Å². The average molecular weight is 304 g/mol. The zero-order valence-corrected chi connectivity index (χ0v) is 13.0. The number of nitrogens with two attached hydrogens (primary N) is 1. The quantitative estimate of drug-likeness (QED) is 0.804. The zero-order chi connectivity index (χ0) is 15.7. The van der Waals surface area contributed by atoms with E-state index in [2.05, 4.69) is 40.4 Å². The van der Waals surface area contributed by atoms with Crippen LogP contribution in [0.3, 0.4) is 0 Å². The SMILES string of the molecule is NCC1(c2cccc(-c3cncc(-n4cccn4)c3)c2)CCC1. The zero-order valence-electron chi connectivity index (χ0n) is 13.0. The molecular formula is C19H20N4. The van der Waals surface area contributed by atoms with Gasteiger partial charge in [0.1, 0.15) is 0 Å². The Morgan fingerprint density at radius 2 is 2.00 bits per heavy atom. The second kappa shape index (κ2) is 5.63. The molecule has 0 aliphatic heterocycles. The molecule has 1 aromatic carbocycles. The molecule has 0 radical (unpaired) electrons. The summed E-state index contributed by atoms with van der Waals surface area (Å²) >= 11 is 0. The molecule has 4 nitrogen and oxygen atoms in total. The van der Waals surface area contributed by atoms with Gasteiger partial charge < -0.3 is 5.73 Å². The Labute approximate surface area is 136 Å². The van der Waals surface area contributed by atoms with Crippen molar-refractivity contribution in [3.63, 3.8) is 0 Å². The summed E-state index contributed by atoms with van der Waals surface area (Å²) in [6.07, 6.45) is 11.1. The number of hydrogen-bond donors (Lipinski definition) is 1. The van der Waals surface area contributed by atoms with E-state index < -0.39 is 0 Å². The van der Waals surface area contributed by atoms with Crippen LogP contribution in [0, 0.1) is 0 Å². The van der Waals surface area contributed by atoms with Gasteiger partial charge in [0.15, 0.2) is 0 Å². The van der Waals surface area contributed by atoms with Crippen LogP contribution in [0.15, 0.2) is 61.2 Å². The van der Waals surface area contributed by atoms with Gasteiger partial charge in [-0.15, -0.1) is 0 Å². The fraction of sp³-hybridized carbons (Fsp3) is 0.263. The standard InChI is InChI=1S/C19H20N4/c20-14-19(6-2-7-19)17-5-1-4-15(10-17)16-11-18(13-21-12-16)23-9-3-8-22-23/h1,3-5,8-13H,2,6-7,14,20H2. The van der Waals surface area contributed by atoms with Gasteiger partial charge in [-0.05, 0) is 36.1 Å². The summed E-state index contributed by atoms with van der Waals surface area (Å²) in [6.45, 7) is 0.724. The molecule has 23 heavy (non-hydrogen) atoms. The highest BCUT2D eigenvalue weighted by Gasteiger charge is 2.37. The molecule has 0 bridgehead atoms. The van der Waals surface area contributed by atoms with Gasteiger partial charge in [0.25, 0.3) is 0 Å². The van der Waals surface area contributed by atoms with Crippen LogP contribution in [0.5, 0.6) is 0 Å². The molecule has 2 aromatic heterocycles. The van der Waals surface area contributed by atoms with Crippen molar-refractivity contribution in [2.45, 2.75) is 24.7 Å². The highest BCUT2D eigenvalue weighted by atomic mass is 15.3. The molecule has 116 valence electrons. The lowest BCUT2D eigenvalue weighted by Gasteiger charge is -2.41. The van der Waals surface area contributed by atoms with E-state index in [4.69, 9.17) is 5.73 Å². The average Bonchev–Trinajstić information content (AvgIpc) is 3.09. The molecule has 0 atom stereocenters. The van der Waals surface area contributed by atoms with Crippen LogP contribution in [0.25, 0.3) is 16.8 Å². The van der Waals surface area contributed by atoms with Crippen molar-refractivity contribution in [2.24, 2.45) is 5.73 Å². The lowest BCUT2D eigenvalue weighted by molar-refractivity contribution is 0.253. The predicted octanol–water partition coefficient (Wildman–Crippen LogP) is 3.31. The molecule has 0 unspecified atom stereocenters. The number of hydrogen-bond acceptors (Lipinski definition) is 3. The molecule has 0 saturated heterocycles. The molecule has 4 heteroatoms.